The minimum Gasteiger partial charge on any atom is -0.375 e. The fraction of sp³-hybridized carbons (Fsp3) is 0.333. The van der Waals surface area contributed by atoms with Gasteiger partial charge in [0.2, 0.25) is 0 Å². The van der Waals surface area contributed by atoms with E-state index < -0.39 is 11.7 Å². The zero-order chi connectivity index (χ0) is 23.9. The first-order chi connectivity index (χ1) is 17.3. The van der Waals surface area contributed by atoms with Crippen molar-refractivity contribution >= 4 is 0 Å². The van der Waals surface area contributed by atoms with Gasteiger partial charge in [-0.25, -0.2) is 0 Å². The lowest BCUT2D eigenvalue weighted by Gasteiger charge is -2.54. The number of hydrogen-bond donors (Lipinski definition) is 0. The molecule has 5 nitrogen and oxygen atoms in total. The van der Waals surface area contributed by atoms with Crippen LogP contribution in [0.1, 0.15) is 16.7 Å². The summed E-state index contributed by atoms with van der Waals surface area (Å²) in [6.07, 6.45) is 0.321. The molecule has 0 radical (unpaired) electrons. The molecule has 0 amide bonds. The molecule has 182 valence electrons. The van der Waals surface area contributed by atoms with Gasteiger partial charge in [-0.2, -0.15) is 0 Å². The summed E-state index contributed by atoms with van der Waals surface area (Å²) in [5, 5.41) is 0. The Morgan fingerprint density at radius 3 is 1.71 bits per heavy atom. The molecule has 3 aromatic rings. The van der Waals surface area contributed by atoms with Crippen LogP contribution < -0.4 is 0 Å². The van der Waals surface area contributed by atoms with E-state index >= 15 is 0 Å². The first-order valence-corrected chi connectivity index (χ1v) is 12.1. The maximum atomic E-state index is 6.60. The van der Waals surface area contributed by atoms with Crippen molar-refractivity contribution in [1.82, 2.24) is 0 Å². The Balaban J connectivity index is 1.42. The number of fused-ring (bicyclic) bond motifs is 2. The quantitative estimate of drug-likeness (QED) is 0.385. The summed E-state index contributed by atoms with van der Waals surface area (Å²) in [5.74, 6) is 0. The van der Waals surface area contributed by atoms with Gasteiger partial charge in [-0.1, -0.05) is 97.1 Å². The van der Waals surface area contributed by atoms with E-state index in [0.717, 1.165) is 16.7 Å². The predicted octanol–water partition coefficient (Wildman–Crippen LogP) is 5.10. The average Bonchev–Trinajstić information content (AvgIpc) is 2.93. The molecule has 3 aromatic carbocycles. The predicted molar refractivity (Wildman–Crippen MR) is 134 cm³/mol. The Morgan fingerprint density at radius 2 is 1.20 bits per heavy atom. The van der Waals surface area contributed by atoms with E-state index in [0.29, 0.717) is 33.0 Å². The van der Waals surface area contributed by atoms with Crippen molar-refractivity contribution in [3.63, 3.8) is 0 Å². The number of benzene rings is 3. The van der Waals surface area contributed by atoms with Gasteiger partial charge in [0.1, 0.15) is 30.0 Å². The fourth-order valence-corrected chi connectivity index (χ4v) is 4.79. The summed E-state index contributed by atoms with van der Waals surface area (Å²) in [6, 6.07) is 30.4. The van der Waals surface area contributed by atoms with Gasteiger partial charge in [0.25, 0.3) is 0 Å². The second-order valence-corrected chi connectivity index (χ2v) is 9.07. The molecule has 2 aliphatic rings. The average molecular weight is 473 g/mol. The number of ether oxygens (including phenoxy) is 5. The Morgan fingerprint density at radius 1 is 0.714 bits per heavy atom. The van der Waals surface area contributed by atoms with E-state index in [9.17, 15) is 0 Å². The van der Waals surface area contributed by atoms with Crippen LogP contribution in [0.15, 0.2) is 104 Å². The molecular formula is C30H32O5. The van der Waals surface area contributed by atoms with E-state index in [2.05, 4.69) is 30.8 Å². The van der Waals surface area contributed by atoms with Gasteiger partial charge in [0, 0.05) is 0 Å². The first-order valence-electron chi connectivity index (χ1n) is 12.1. The molecule has 2 heterocycles. The van der Waals surface area contributed by atoms with Crippen molar-refractivity contribution in [2.45, 2.75) is 49.8 Å². The van der Waals surface area contributed by atoms with Crippen LogP contribution in [0.4, 0.5) is 0 Å². The normalized spacial score (nSPS) is 27.9. The van der Waals surface area contributed by atoms with Crippen LogP contribution in [0.5, 0.6) is 0 Å². The molecule has 2 fully saturated rings. The minimum atomic E-state index is -0.814. The third kappa shape index (κ3) is 5.56. The van der Waals surface area contributed by atoms with Gasteiger partial charge in [-0.3, -0.25) is 0 Å². The number of rotatable bonds is 10. The summed E-state index contributed by atoms with van der Waals surface area (Å²) in [5.41, 5.74) is 2.45. The maximum absolute atomic E-state index is 6.60. The van der Waals surface area contributed by atoms with Crippen LogP contribution in [0.25, 0.3) is 0 Å². The Hall–Kier alpha value is -2.80. The van der Waals surface area contributed by atoms with Gasteiger partial charge >= 0.3 is 0 Å². The summed E-state index contributed by atoms with van der Waals surface area (Å²) in [4.78, 5) is 0. The van der Waals surface area contributed by atoms with Gasteiger partial charge in [-0.05, 0) is 16.7 Å². The van der Waals surface area contributed by atoms with Crippen molar-refractivity contribution in [2.24, 2.45) is 0 Å². The van der Waals surface area contributed by atoms with E-state index in [1.807, 2.05) is 66.7 Å². The van der Waals surface area contributed by atoms with E-state index in [-0.39, 0.29) is 18.3 Å². The minimum absolute atomic E-state index is 0.289. The smallest absolute Gasteiger partial charge is 0.138 e. The van der Waals surface area contributed by atoms with Crippen LogP contribution in [0.2, 0.25) is 0 Å². The Labute approximate surface area is 207 Å². The highest BCUT2D eigenvalue weighted by atomic mass is 16.7. The van der Waals surface area contributed by atoms with Gasteiger partial charge in [0.05, 0.1) is 33.0 Å². The standard InChI is InChI=1S/C30H32O5/c1-2-30-22-31-21-26(35-30)27(32-18-23-12-6-3-7-13-23)28(33-19-24-14-8-4-9-15-24)29(30)34-20-25-16-10-5-11-17-25/h2-17,26-29H,1,18-22H2. The van der Waals surface area contributed by atoms with Gasteiger partial charge in [0.15, 0.2) is 0 Å². The van der Waals surface area contributed by atoms with Crippen molar-refractivity contribution in [3.8, 4) is 0 Å². The molecular weight excluding hydrogens is 440 g/mol. The molecule has 5 rings (SSSR count). The van der Waals surface area contributed by atoms with Crippen LogP contribution in [-0.2, 0) is 43.5 Å². The SMILES string of the molecule is C=CC12COCC(O1)C(OCc1ccccc1)C(OCc1ccccc1)C2OCc1ccccc1. The highest BCUT2D eigenvalue weighted by Crippen LogP contribution is 2.40. The molecule has 0 spiro atoms. The second kappa shape index (κ2) is 11.3. The number of hydrogen-bond acceptors (Lipinski definition) is 5. The van der Waals surface area contributed by atoms with Gasteiger partial charge in [-0.15, -0.1) is 6.58 Å². The zero-order valence-electron chi connectivity index (χ0n) is 19.8. The third-order valence-corrected chi connectivity index (χ3v) is 6.64. The van der Waals surface area contributed by atoms with Crippen LogP contribution in [-0.4, -0.2) is 43.2 Å². The molecule has 0 aromatic heterocycles. The van der Waals surface area contributed by atoms with Crippen LogP contribution >= 0.6 is 0 Å². The van der Waals surface area contributed by atoms with Gasteiger partial charge < -0.3 is 23.7 Å². The lowest BCUT2D eigenvalue weighted by molar-refractivity contribution is -0.327. The summed E-state index contributed by atoms with van der Waals surface area (Å²) in [7, 11) is 0. The molecule has 5 atom stereocenters. The Bertz CT molecular complexity index is 1060. The van der Waals surface area contributed by atoms with Crippen molar-refractivity contribution in [3.05, 3.63) is 120 Å². The first kappa shape index (κ1) is 23.9. The van der Waals surface area contributed by atoms with Crippen LogP contribution in [0.3, 0.4) is 0 Å². The highest BCUT2D eigenvalue weighted by Gasteiger charge is 2.57. The summed E-state index contributed by atoms with van der Waals surface area (Å²) in [6.45, 7) is 6.21. The maximum Gasteiger partial charge on any atom is 0.138 e. The molecule has 0 aliphatic carbocycles. The van der Waals surface area contributed by atoms with Crippen molar-refractivity contribution < 1.29 is 23.7 Å². The lowest BCUT2D eigenvalue weighted by Crippen LogP contribution is -2.70. The van der Waals surface area contributed by atoms with Crippen molar-refractivity contribution in [1.29, 1.82) is 0 Å². The topological polar surface area (TPSA) is 46.2 Å². The molecule has 0 saturated carbocycles. The largest absolute Gasteiger partial charge is 0.375 e. The molecule has 2 aliphatic heterocycles. The molecule has 2 saturated heterocycles. The monoisotopic (exact) mass is 472 g/mol. The molecule has 2 bridgehead atoms. The second-order valence-electron chi connectivity index (χ2n) is 9.07. The van der Waals surface area contributed by atoms with Crippen molar-refractivity contribution in [2.75, 3.05) is 13.2 Å². The zero-order valence-corrected chi connectivity index (χ0v) is 19.8. The molecule has 5 heteroatoms. The summed E-state index contributed by atoms with van der Waals surface area (Å²) < 4.78 is 32.2. The molecule has 0 N–H and O–H groups in total. The fourth-order valence-electron chi connectivity index (χ4n) is 4.79. The van der Waals surface area contributed by atoms with E-state index in [1.54, 1.807) is 6.08 Å². The highest BCUT2D eigenvalue weighted by molar-refractivity contribution is 5.18. The molecule has 5 unspecified atom stereocenters. The van der Waals surface area contributed by atoms with Crippen LogP contribution in [0, 0.1) is 0 Å². The Kier molecular flexibility index (Phi) is 7.72. The van der Waals surface area contributed by atoms with E-state index in [1.165, 1.54) is 0 Å². The summed E-state index contributed by atoms with van der Waals surface area (Å²) >= 11 is 0. The lowest BCUT2D eigenvalue weighted by atomic mass is 9.83. The van der Waals surface area contributed by atoms with E-state index in [4.69, 9.17) is 23.7 Å². The third-order valence-electron chi connectivity index (χ3n) is 6.64. The molecule has 35 heavy (non-hydrogen) atoms.